The SMILES string of the molecule is CCn1c(C(F)(F)F)cc(=O)n(-c2cc(OCc3nnn(OC(C)=O)n3)c(Cl)cc2Cl)c1=O. The van der Waals surface area contributed by atoms with Crippen molar-refractivity contribution >= 4 is 29.2 Å². The first kappa shape index (κ1) is 24.3. The van der Waals surface area contributed by atoms with E-state index in [0.717, 1.165) is 19.1 Å². The Kier molecular flexibility index (Phi) is 6.78. The number of alkyl halides is 3. The van der Waals surface area contributed by atoms with E-state index in [-0.39, 0.29) is 40.5 Å². The highest BCUT2D eigenvalue weighted by molar-refractivity contribution is 6.36. The predicted octanol–water partition coefficient (Wildman–Crippen LogP) is 1.89. The molecule has 0 N–H and O–H groups in total. The number of halogens is 5. The van der Waals surface area contributed by atoms with Crippen molar-refractivity contribution in [3.8, 4) is 11.4 Å². The number of hydrogen-bond acceptors (Lipinski definition) is 8. The molecule has 0 aliphatic carbocycles. The maximum atomic E-state index is 13.2. The molecule has 0 fully saturated rings. The fourth-order valence-electron chi connectivity index (χ4n) is 2.72. The summed E-state index contributed by atoms with van der Waals surface area (Å²) in [6.45, 7) is 1.76. The van der Waals surface area contributed by atoms with Gasteiger partial charge in [0, 0.05) is 30.6 Å². The molecular formula is C17H13Cl2F3N6O5. The zero-order valence-corrected chi connectivity index (χ0v) is 18.3. The van der Waals surface area contributed by atoms with Gasteiger partial charge in [-0.05, 0) is 18.2 Å². The van der Waals surface area contributed by atoms with Crippen molar-refractivity contribution in [1.29, 1.82) is 0 Å². The number of carbonyl (C=O) groups is 1. The molecule has 0 saturated heterocycles. The highest BCUT2D eigenvalue weighted by Crippen LogP contribution is 2.33. The molecule has 0 aliphatic heterocycles. The number of tetrazole rings is 1. The molecule has 16 heteroatoms. The quantitative estimate of drug-likeness (QED) is 0.462. The molecule has 0 spiro atoms. The first-order chi connectivity index (χ1) is 15.4. The van der Waals surface area contributed by atoms with E-state index < -0.39 is 29.1 Å². The van der Waals surface area contributed by atoms with E-state index in [1.165, 1.54) is 6.92 Å². The van der Waals surface area contributed by atoms with Crippen molar-refractivity contribution in [3.05, 3.63) is 60.6 Å². The fourth-order valence-corrected chi connectivity index (χ4v) is 3.24. The van der Waals surface area contributed by atoms with E-state index >= 15 is 0 Å². The molecule has 11 nitrogen and oxygen atoms in total. The summed E-state index contributed by atoms with van der Waals surface area (Å²) < 4.78 is 46.0. The van der Waals surface area contributed by atoms with Crippen LogP contribution in [0.25, 0.3) is 5.69 Å². The Morgan fingerprint density at radius 3 is 2.45 bits per heavy atom. The minimum atomic E-state index is -4.91. The lowest BCUT2D eigenvalue weighted by molar-refractivity contribution is -0.145. The van der Waals surface area contributed by atoms with E-state index in [0.29, 0.717) is 20.2 Å². The van der Waals surface area contributed by atoms with Crippen LogP contribution in [0.2, 0.25) is 10.0 Å². The number of nitrogens with zero attached hydrogens (tertiary/aromatic N) is 6. The summed E-state index contributed by atoms with van der Waals surface area (Å²) in [5.41, 5.74) is -4.14. The lowest BCUT2D eigenvalue weighted by Crippen LogP contribution is -2.41. The second-order valence-electron chi connectivity index (χ2n) is 6.29. The maximum absolute atomic E-state index is 13.2. The van der Waals surface area contributed by atoms with Gasteiger partial charge < -0.3 is 9.57 Å². The zero-order valence-electron chi connectivity index (χ0n) is 16.8. The molecule has 0 saturated carbocycles. The Hall–Kier alpha value is -3.39. The van der Waals surface area contributed by atoms with Gasteiger partial charge in [0.1, 0.15) is 11.4 Å². The number of rotatable bonds is 6. The van der Waals surface area contributed by atoms with Crippen LogP contribution < -0.4 is 20.8 Å². The molecular weight excluding hydrogens is 496 g/mol. The van der Waals surface area contributed by atoms with Crippen LogP contribution in [0.3, 0.4) is 0 Å². The second-order valence-corrected chi connectivity index (χ2v) is 7.11. The van der Waals surface area contributed by atoms with Crippen LogP contribution in [0.4, 0.5) is 13.2 Å². The van der Waals surface area contributed by atoms with Crippen molar-refractivity contribution in [2.24, 2.45) is 0 Å². The Morgan fingerprint density at radius 1 is 1.15 bits per heavy atom. The van der Waals surface area contributed by atoms with Crippen LogP contribution in [-0.4, -0.2) is 35.5 Å². The predicted molar refractivity (Wildman–Crippen MR) is 106 cm³/mol. The van der Waals surface area contributed by atoms with Gasteiger partial charge >= 0.3 is 17.8 Å². The monoisotopic (exact) mass is 508 g/mol. The molecule has 0 radical (unpaired) electrons. The number of carbonyl (C=O) groups excluding carboxylic acids is 1. The molecule has 33 heavy (non-hydrogen) atoms. The first-order valence-electron chi connectivity index (χ1n) is 8.96. The van der Waals surface area contributed by atoms with Crippen molar-refractivity contribution in [1.82, 2.24) is 29.5 Å². The van der Waals surface area contributed by atoms with Gasteiger partial charge in [0.25, 0.3) is 5.56 Å². The van der Waals surface area contributed by atoms with Crippen molar-refractivity contribution in [3.63, 3.8) is 0 Å². The fraction of sp³-hybridized carbons (Fsp3) is 0.294. The molecule has 0 amide bonds. The molecule has 176 valence electrons. The summed E-state index contributed by atoms with van der Waals surface area (Å²) in [4.78, 5) is 41.2. The molecule has 0 atom stereocenters. The normalized spacial score (nSPS) is 11.5. The lowest BCUT2D eigenvalue weighted by atomic mass is 10.2. The summed E-state index contributed by atoms with van der Waals surface area (Å²) in [5.74, 6) is -0.803. The van der Waals surface area contributed by atoms with E-state index in [4.69, 9.17) is 27.9 Å². The largest absolute Gasteiger partial charge is 0.484 e. The second kappa shape index (κ2) is 9.23. The molecule has 0 unspecified atom stereocenters. The van der Waals surface area contributed by atoms with Crippen LogP contribution >= 0.6 is 23.2 Å². The summed E-state index contributed by atoms with van der Waals surface area (Å²) in [6, 6.07) is 2.56. The number of benzene rings is 1. The standard InChI is InChI=1S/C17H13Cl2F3N6O5/c1-3-26-13(17(20,21)22)6-15(30)27(16(26)31)11-5-12(10(19)4-9(11)18)32-7-14-23-25-28(24-14)33-8(2)29/h4-6H,3,7H2,1-2H3. The number of aromatic nitrogens is 6. The van der Waals surface area contributed by atoms with Crippen LogP contribution in [0.1, 0.15) is 25.4 Å². The molecule has 3 aromatic rings. The summed E-state index contributed by atoms with van der Waals surface area (Å²) in [7, 11) is 0. The van der Waals surface area contributed by atoms with Gasteiger partial charge in [0.15, 0.2) is 6.61 Å². The molecule has 0 aliphatic rings. The van der Waals surface area contributed by atoms with Crippen LogP contribution in [-0.2, 0) is 24.1 Å². The Balaban J connectivity index is 2.01. The zero-order chi connectivity index (χ0) is 24.5. The Labute approximate surface area is 191 Å². The van der Waals surface area contributed by atoms with Gasteiger partial charge in [-0.15, -0.1) is 5.10 Å². The van der Waals surface area contributed by atoms with Gasteiger partial charge in [-0.3, -0.25) is 9.36 Å². The van der Waals surface area contributed by atoms with Gasteiger partial charge in [-0.2, -0.15) is 13.2 Å². The topological polar surface area (TPSA) is 123 Å². The third-order valence-corrected chi connectivity index (χ3v) is 4.65. The van der Waals surface area contributed by atoms with Gasteiger partial charge in [-0.25, -0.2) is 14.2 Å². The number of ether oxygens (including phenoxy) is 1. The van der Waals surface area contributed by atoms with Crippen LogP contribution in [0, 0.1) is 0 Å². The smallest absolute Gasteiger partial charge is 0.431 e. The van der Waals surface area contributed by atoms with Crippen molar-refractivity contribution in [2.45, 2.75) is 33.2 Å². The highest BCUT2D eigenvalue weighted by atomic mass is 35.5. The molecule has 3 rings (SSSR count). The minimum Gasteiger partial charge on any atom is -0.484 e. The summed E-state index contributed by atoms with van der Waals surface area (Å²) >= 11 is 12.2. The van der Waals surface area contributed by atoms with Gasteiger partial charge in [-0.1, -0.05) is 28.3 Å². The lowest BCUT2D eigenvalue weighted by Gasteiger charge is -2.17. The first-order valence-corrected chi connectivity index (χ1v) is 9.72. The minimum absolute atomic E-state index is 0.0242. The molecule has 1 aromatic carbocycles. The van der Waals surface area contributed by atoms with Crippen molar-refractivity contribution in [2.75, 3.05) is 0 Å². The van der Waals surface area contributed by atoms with E-state index in [2.05, 4.69) is 20.2 Å². The molecule has 0 bridgehead atoms. The third-order valence-electron chi connectivity index (χ3n) is 4.05. The van der Waals surface area contributed by atoms with E-state index in [1.54, 1.807) is 0 Å². The third kappa shape index (κ3) is 5.17. The molecule has 2 heterocycles. The van der Waals surface area contributed by atoms with E-state index in [9.17, 15) is 27.6 Å². The summed E-state index contributed by atoms with van der Waals surface area (Å²) in [5, 5.41) is 10.5. The highest BCUT2D eigenvalue weighted by Gasteiger charge is 2.35. The van der Waals surface area contributed by atoms with Crippen LogP contribution in [0.15, 0.2) is 27.8 Å². The Morgan fingerprint density at radius 2 is 1.85 bits per heavy atom. The Bertz CT molecular complexity index is 1330. The van der Waals surface area contributed by atoms with Crippen molar-refractivity contribution < 1.29 is 27.5 Å². The summed E-state index contributed by atoms with van der Waals surface area (Å²) in [6.07, 6.45) is -4.91. The average Bonchev–Trinajstić information content (AvgIpc) is 3.14. The molecule has 2 aromatic heterocycles. The van der Waals surface area contributed by atoms with Crippen LogP contribution in [0.5, 0.6) is 5.75 Å². The van der Waals surface area contributed by atoms with Gasteiger partial charge in [0.2, 0.25) is 5.82 Å². The van der Waals surface area contributed by atoms with Gasteiger partial charge in [0.05, 0.1) is 15.7 Å². The number of hydrogen-bond donors (Lipinski definition) is 0. The van der Waals surface area contributed by atoms with E-state index in [1.807, 2.05) is 0 Å². The maximum Gasteiger partial charge on any atom is 0.431 e. The average molecular weight is 509 g/mol.